The summed E-state index contributed by atoms with van der Waals surface area (Å²) < 4.78 is 5.82. The zero-order valence-electron chi connectivity index (χ0n) is 16.1. The highest BCUT2D eigenvalue weighted by atomic mass is 79.9. The van der Waals surface area contributed by atoms with Gasteiger partial charge in [0.15, 0.2) is 11.5 Å². The summed E-state index contributed by atoms with van der Waals surface area (Å²) in [5.41, 5.74) is 4.38. The van der Waals surface area contributed by atoms with E-state index in [1.807, 2.05) is 37.3 Å². The largest absolute Gasteiger partial charge is 0.503 e. The predicted octanol–water partition coefficient (Wildman–Crippen LogP) is 3.82. The topological polar surface area (TPSA) is 91.2 Å². The summed E-state index contributed by atoms with van der Waals surface area (Å²) >= 11 is 3.26. The van der Waals surface area contributed by atoms with Gasteiger partial charge in [-0.25, -0.2) is 5.43 Å². The van der Waals surface area contributed by atoms with Gasteiger partial charge < -0.3 is 9.84 Å². The Morgan fingerprint density at radius 3 is 2.80 bits per heavy atom. The van der Waals surface area contributed by atoms with Crippen LogP contribution in [0, 0.1) is 0 Å². The van der Waals surface area contributed by atoms with Crippen LogP contribution in [0.3, 0.4) is 0 Å². The minimum absolute atomic E-state index is 0.000627. The summed E-state index contributed by atoms with van der Waals surface area (Å²) in [6.07, 6.45) is 1.44. The van der Waals surface area contributed by atoms with Crippen LogP contribution >= 0.6 is 15.9 Å². The lowest BCUT2D eigenvalue weighted by molar-refractivity contribution is -0.119. The molecular formula is C22H18BrN3O4. The van der Waals surface area contributed by atoms with Crippen LogP contribution in [0.2, 0.25) is 0 Å². The molecule has 3 aromatic rings. The van der Waals surface area contributed by atoms with E-state index in [0.717, 1.165) is 16.5 Å². The van der Waals surface area contributed by atoms with E-state index in [1.165, 1.54) is 11.1 Å². The number of phenols is 1. The van der Waals surface area contributed by atoms with Crippen LogP contribution in [0.25, 0.3) is 10.8 Å². The third-order valence-electron chi connectivity index (χ3n) is 4.70. The summed E-state index contributed by atoms with van der Waals surface area (Å²) in [5, 5.41) is 15.7. The molecular weight excluding hydrogens is 450 g/mol. The average molecular weight is 468 g/mol. The molecule has 2 N–H and O–H groups in total. The lowest BCUT2D eigenvalue weighted by Gasteiger charge is -2.16. The number of benzene rings is 3. The quantitative estimate of drug-likeness (QED) is 0.425. The second-order valence-electron chi connectivity index (χ2n) is 6.65. The van der Waals surface area contributed by atoms with Crippen molar-refractivity contribution >= 4 is 50.4 Å². The number of amides is 2. The number of hydrogen-bond acceptors (Lipinski definition) is 5. The molecule has 0 aromatic heterocycles. The van der Waals surface area contributed by atoms with E-state index in [-0.39, 0.29) is 18.2 Å². The number of hydrazone groups is 1. The third kappa shape index (κ3) is 3.61. The Balaban J connectivity index is 1.46. The van der Waals surface area contributed by atoms with E-state index < -0.39 is 5.91 Å². The molecule has 0 atom stereocenters. The smallest absolute Gasteiger partial charge is 0.260 e. The van der Waals surface area contributed by atoms with Crippen molar-refractivity contribution in [1.29, 1.82) is 0 Å². The number of nitrogens with zero attached hydrogens (tertiary/aromatic N) is 2. The SMILES string of the molecule is CCOc1cc(/C=N\NC(=O)CN2C(=O)c3cccc4cccc2c34)cc(Br)c1O. The Bertz CT molecular complexity index is 1190. The fourth-order valence-electron chi connectivity index (χ4n) is 3.43. The number of ether oxygens (including phenoxy) is 1. The van der Waals surface area contributed by atoms with Crippen LogP contribution in [0.4, 0.5) is 5.69 Å². The Kier molecular flexibility index (Phi) is 5.41. The molecule has 1 aliphatic rings. The van der Waals surface area contributed by atoms with Gasteiger partial charge >= 0.3 is 0 Å². The van der Waals surface area contributed by atoms with Gasteiger partial charge in [0.25, 0.3) is 11.8 Å². The lowest BCUT2D eigenvalue weighted by atomic mass is 10.1. The number of carbonyl (C=O) groups is 2. The summed E-state index contributed by atoms with van der Waals surface area (Å²) in [6.45, 7) is 2.07. The molecule has 0 unspecified atom stereocenters. The molecule has 0 aliphatic carbocycles. The van der Waals surface area contributed by atoms with Gasteiger partial charge in [0.1, 0.15) is 6.54 Å². The van der Waals surface area contributed by atoms with Crippen molar-refractivity contribution in [3.63, 3.8) is 0 Å². The molecule has 1 aliphatic heterocycles. The first-order valence-electron chi connectivity index (χ1n) is 9.30. The maximum absolute atomic E-state index is 12.7. The second kappa shape index (κ2) is 8.16. The summed E-state index contributed by atoms with van der Waals surface area (Å²) in [4.78, 5) is 26.6. The zero-order chi connectivity index (χ0) is 21.3. The van der Waals surface area contributed by atoms with E-state index >= 15 is 0 Å². The summed E-state index contributed by atoms with van der Waals surface area (Å²) in [5.74, 6) is -0.315. The first-order valence-corrected chi connectivity index (χ1v) is 10.1. The van der Waals surface area contributed by atoms with Crippen molar-refractivity contribution < 1.29 is 19.4 Å². The molecule has 4 rings (SSSR count). The number of rotatable bonds is 6. The van der Waals surface area contributed by atoms with Crippen LogP contribution in [0.1, 0.15) is 22.8 Å². The standard InChI is InChI=1S/C22H18BrN3O4/c1-2-30-18-10-13(9-16(23)21(18)28)11-24-25-19(27)12-26-17-8-4-6-14-5-3-7-15(20(14)17)22(26)29/h3-11,28H,2,12H2,1H3,(H,25,27)/b24-11-. The molecule has 0 radical (unpaired) electrons. The summed E-state index contributed by atoms with van der Waals surface area (Å²) in [6, 6.07) is 14.4. The van der Waals surface area contributed by atoms with Gasteiger partial charge in [-0.15, -0.1) is 0 Å². The zero-order valence-corrected chi connectivity index (χ0v) is 17.6. The van der Waals surface area contributed by atoms with Crippen molar-refractivity contribution in [2.45, 2.75) is 6.92 Å². The van der Waals surface area contributed by atoms with Crippen LogP contribution in [-0.4, -0.2) is 36.3 Å². The van der Waals surface area contributed by atoms with Gasteiger partial charge in [-0.2, -0.15) is 5.10 Å². The number of aromatic hydroxyl groups is 1. The first kappa shape index (κ1) is 19.9. The number of hydrogen-bond donors (Lipinski definition) is 2. The van der Waals surface area contributed by atoms with Gasteiger partial charge in [-0.05, 0) is 58.1 Å². The first-order chi connectivity index (χ1) is 14.5. The number of nitrogens with one attached hydrogen (secondary N) is 1. The molecule has 1 heterocycles. The van der Waals surface area contributed by atoms with Gasteiger partial charge in [0.2, 0.25) is 0 Å². The molecule has 0 fully saturated rings. The highest BCUT2D eigenvalue weighted by Gasteiger charge is 2.30. The maximum Gasteiger partial charge on any atom is 0.260 e. The fraction of sp³-hybridized carbons (Fsp3) is 0.136. The van der Waals surface area contributed by atoms with Gasteiger partial charge in [-0.3, -0.25) is 14.5 Å². The molecule has 30 heavy (non-hydrogen) atoms. The molecule has 0 spiro atoms. The van der Waals surface area contributed by atoms with Gasteiger partial charge in [-0.1, -0.05) is 24.3 Å². The van der Waals surface area contributed by atoms with Crippen molar-refractivity contribution in [3.8, 4) is 11.5 Å². The highest BCUT2D eigenvalue weighted by Crippen LogP contribution is 2.37. The Hall–Kier alpha value is -3.39. The normalized spacial score (nSPS) is 12.7. The van der Waals surface area contributed by atoms with E-state index in [9.17, 15) is 14.7 Å². The monoisotopic (exact) mass is 467 g/mol. The third-order valence-corrected chi connectivity index (χ3v) is 5.31. The Labute approximate surface area is 181 Å². The molecule has 8 heteroatoms. The molecule has 7 nitrogen and oxygen atoms in total. The average Bonchev–Trinajstić information content (AvgIpc) is 3.00. The number of anilines is 1. The Morgan fingerprint density at radius 2 is 2.03 bits per heavy atom. The van der Waals surface area contributed by atoms with E-state index in [0.29, 0.717) is 28.0 Å². The number of halogens is 1. The Morgan fingerprint density at radius 1 is 1.27 bits per heavy atom. The minimum Gasteiger partial charge on any atom is -0.503 e. The van der Waals surface area contributed by atoms with Crippen molar-refractivity contribution in [1.82, 2.24) is 5.43 Å². The fourth-order valence-corrected chi connectivity index (χ4v) is 3.89. The molecule has 152 valence electrons. The molecule has 0 saturated heterocycles. The maximum atomic E-state index is 12.7. The summed E-state index contributed by atoms with van der Waals surface area (Å²) in [7, 11) is 0. The van der Waals surface area contributed by atoms with E-state index in [2.05, 4.69) is 26.5 Å². The van der Waals surface area contributed by atoms with Crippen molar-refractivity contribution in [3.05, 3.63) is 64.1 Å². The van der Waals surface area contributed by atoms with Crippen LogP contribution in [0.5, 0.6) is 11.5 Å². The highest BCUT2D eigenvalue weighted by molar-refractivity contribution is 9.10. The minimum atomic E-state index is -0.424. The van der Waals surface area contributed by atoms with Crippen LogP contribution in [-0.2, 0) is 4.79 Å². The molecule has 2 amide bonds. The van der Waals surface area contributed by atoms with Crippen LogP contribution < -0.4 is 15.1 Å². The van der Waals surface area contributed by atoms with Gasteiger partial charge in [0, 0.05) is 10.9 Å². The molecule has 3 aromatic carbocycles. The molecule has 0 saturated carbocycles. The number of carbonyl (C=O) groups excluding carboxylic acids is 2. The molecule has 0 bridgehead atoms. The van der Waals surface area contributed by atoms with E-state index in [4.69, 9.17) is 4.74 Å². The lowest BCUT2D eigenvalue weighted by Crippen LogP contribution is -2.37. The van der Waals surface area contributed by atoms with Crippen molar-refractivity contribution in [2.24, 2.45) is 5.10 Å². The van der Waals surface area contributed by atoms with E-state index in [1.54, 1.807) is 18.2 Å². The predicted molar refractivity (Wildman–Crippen MR) is 118 cm³/mol. The van der Waals surface area contributed by atoms with Gasteiger partial charge in [0.05, 0.1) is 23.0 Å². The van der Waals surface area contributed by atoms with Crippen LogP contribution in [0.15, 0.2) is 58.1 Å². The second-order valence-corrected chi connectivity index (χ2v) is 7.50. The van der Waals surface area contributed by atoms with Crippen molar-refractivity contribution in [2.75, 3.05) is 18.1 Å². The number of phenolic OH excluding ortho intramolecular Hbond substituents is 1.